The maximum Gasteiger partial charge on any atom is 0.224 e. The van der Waals surface area contributed by atoms with Gasteiger partial charge in [0.05, 0.1) is 12.8 Å². The average molecular weight is 369 g/mol. The van der Waals surface area contributed by atoms with Gasteiger partial charge in [0.15, 0.2) is 0 Å². The summed E-state index contributed by atoms with van der Waals surface area (Å²) in [5.74, 6) is 1.65. The van der Waals surface area contributed by atoms with Crippen LogP contribution in [0.3, 0.4) is 0 Å². The zero-order chi connectivity index (χ0) is 17.4. The van der Waals surface area contributed by atoms with Crippen LogP contribution in [0.15, 0.2) is 18.2 Å². The predicted molar refractivity (Wildman–Crippen MR) is 103 cm³/mol. The number of anilines is 2. The van der Waals surface area contributed by atoms with Crippen LogP contribution in [0.5, 0.6) is 5.75 Å². The van der Waals surface area contributed by atoms with Gasteiger partial charge >= 0.3 is 0 Å². The number of benzene rings is 1. The normalized spacial score (nSPS) is 16.7. The summed E-state index contributed by atoms with van der Waals surface area (Å²) >= 11 is 0. The minimum atomic E-state index is -0.152. The van der Waals surface area contributed by atoms with Gasteiger partial charge in [-0.05, 0) is 37.5 Å². The molecule has 1 aliphatic rings. The first-order chi connectivity index (χ1) is 11.6. The van der Waals surface area contributed by atoms with Crippen LogP contribution < -0.4 is 15.4 Å². The van der Waals surface area contributed by atoms with Gasteiger partial charge in [-0.25, -0.2) is 0 Å². The molecule has 1 aromatic carbocycles. The zero-order valence-electron chi connectivity index (χ0n) is 14.1. The average Bonchev–Trinajstić information content (AvgIpc) is 3.05. The van der Waals surface area contributed by atoms with E-state index in [1.54, 1.807) is 25.3 Å². The van der Waals surface area contributed by atoms with E-state index in [0.29, 0.717) is 23.5 Å². The van der Waals surface area contributed by atoms with E-state index >= 15 is 0 Å². The predicted octanol–water partition coefficient (Wildman–Crippen LogP) is 4.31. The first kappa shape index (κ1) is 19.0. The van der Waals surface area contributed by atoms with E-state index < -0.39 is 0 Å². The molecule has 1 atom stereocenters. The van der Waals surface area contributed by atoms with Crippen molar-refractivity contribution < 1.29 is 14.3 Å². The van der Waals surface area contributed by atoms with Crippen molar-refractivity contribution in [3.05, 3.63) is 18.2 Å². The molecule has 132 valence electrons. The van der Waals surface area contributed by atoms with Gasteiger partial charge in [-0.2, -0.15) is 0 Å². The van der Waals surface area contributed by atoms with E-state index in [1.165, 1.54) is 25.5 Å². The number of hydrogen-bond donors (Lipinski definition) is 2. The van der Waals surface area contributed by atoms with Crippen molar-refractivity contribution in [1.82, 2.24) is 0 Å². The van der Waals surface area contributed by atoms with E-state index in [0.717, 1.165) is 18.1 Å². The summed E-state index contributed by atoms with van der Waals surface area (Å²) in [6.07, 6.45) is 4.94. The highest BCUT2D eigenvalue weighted by Gasteiger charge is 2.16. The van der Waals surface area contributed by atoms with E-state index in [4.69, 9.17) is 4.74 Å². The minimum Gasteiger partial charge on any atom is -0.495 e. The summed E-state index contributed by atoms with van der Waals surface area (Å²) in [6.45, 7) is 1.45. The Labute approximate surface area is 151 Å². The topological polar surface area (TPSA) is 67.4 Å². The molecular weight excluding hydrogens is 344 g/mol. The molecule has 0 bridgehead atoms. The van der Waals surface area contributed by atoms with Crippen molar-refractivity contribution in [2.45, 2.75) is 44.3 Å². The molecule has 0 aliphatic carbocycles. The monoisotopic (exact) mass is 368 g/mol. The summed E-state index contributed by atoms with van der Waals surface area (Å²) in [7, 11) is 5.49. The standard InChI is InChI=1S/C17H24N2O3S2/c1-12(20)18-13-7-8-16(22-2)15(11-13)19-17(21)6-4-3-5-14-9-10-23-24-14/h7-8,11,14H,3-6,9-10H2,1-2H3,(H,18,20)(H,19,21)/t14-/m0/s1. The Hall–Kier alpha value is -1.34. The lowest BCUT2D eigenvalue weighted by Gasteiger charge is -2.12. The highest BCUT2D eigenvalue weighted by atomic mass is 33.1. The SMILES string of the molecule is COc1ccc(NC(C)=O)cc1NC(=O)CCCC[C@H]1CCSS1. The number of hydrogen-bond acceptors (Lipinski definition) is 5. The molecular formula is C17H24N2O3S2. The Balaban J connectivity index is 1.81. The lowest BCUT2D eigenvalue weighted by molar-refractivity contribution is -0.116. The minimum absolute atomic E-state index is 0.0262. The third-order valence-corrected chi connectivity index (χ3v) is 6.71. The number of carbonyl (C=O) groups excluding carboxylic acids is 2. The number of rotatable bonds is 8. The van der Waals surface area contributed by atoms with Crippen LogP contribution in [0.4, 0.5) is 11.4 Å². The summed E-state index contributed by atoms with van der Waals surface area (Å²) in [6, 6.07) is 5.19. The van der Waals surface area contributed by atoms with Crippen LogP contribution in [-0.2, 0) is 9.59 Å². The van der Waals surface area contributed by atoms with Gasteiger partial charge in [0, 0.05) is 30.0 Å². The molecule has 1 aromatic rings. The number of methoxy groups -OCH3 is 1. The summed E-state index contributed by atoms with van der Waals surface area (Å²) in [5, 5.41) is 6.34. The Kier molecular flexibility index (Phi) is 7.78. The highest BCUT2D eigenvalue weighted by molar-refractivity contribution is 8.77. The smallest absolute Gasteiger partial charge is 0.224 e. The quantitative estimate of drug-likeness (QED) is 0.529. The molecule has 0 unspecified atom stereocenters. The second kappa shape index (κ2) is 9.84. The molecule has 0 saturated carbocycles. The maximum atomic E-state index is 12.1. The number of amides is 2. The van der Waals surface area contributed by atoms with Crippen molar-refractivity contribution in [2.75, 3.05) is 23.5 Å². The molecule has 2 rings (SSSR count). The van der Waals surface area contributed by atoms with Crippen LogP contribution in [0.2, 0.25) is 0 Å². The van der Waals surface area contributed by atoms with E-state index in [9.17, 15) is 9.59 Å². The molecule has 1 aliphatic heterocycles. The van der Waals surface area contributed by atoms with E-state index in [-0.39, 0.29) is 11.8 Å². The molecule has 0 radical (unpaired) electrons. The van der Waals surface area contributed by atoms with Gasteiger partial charge in [0.1, 0.15) is 5.75 Å². The molecule has 2 N–H and O–H groups in total. The van der Waals surface area contributed by atoms with Gasteiger partial charge in [0.25, 0.3) is 0 Å². The van der Waals surface area contributed by atoms with Crippen molar-refractivity contribution in [3.63, 3.8) is 0 Å². The molecule has 1 heterocycles. The Morgan fingerprint density at radius 2 is 2.12 bits per heavy atom. The molecule has 5 nitrogen and oxygen atoms in total. The van der Waals surface area contributed by atoms with Gasteiger partial charge in [-0.15, -0.1) is 0 Å². The number of nitrogens with one attached hydrogen (secondary N) is 2. The third kappa shape index (κ3) is 6.28. The Morgan fingerprint density at radius 3 is 2.79 bits per heavy atom. The highest BCUT2D eigenvalue weighted by Crippen LogP contribution is 2.39. The van der Waals surface area contributed by atoms with Crippen LogP contribution in [0.25, 0.3) is 0 Å². The molecule has 0 aromatic heterocycles. The van der Waals surface area contributed by atoms with Crippen LogP contribution in [0, 0.1) is 0 Å². The molecule has 24 heavy (non-hydrogen) atoms. The zero-order valence-corrected chi connectivity index (χ0v) is 15.7. The first-order valence-corrected chi connectivity index (χ1v) is 10.5. The summed E-state index contributed by atoms with van der Waals surface area (Å²) in [4.78, 5) is 23.3. The van der Waals surface area contributed by atoms with Crippen LogP contribution >= 0.6 is 21.6 Å². The second-order valence-electron chi connectivity index (χ2n) is 5.72. The van der Waals surface area contributed by atoms with Crippen LogP contribution in [0.1, 0.15) is 39.0 Å². The fourth-order valence-electron chi connectivity index (χ4n) is 2.52. The van der Waals surface area contributed by atoms with E-state index in [1.807, 2.05) is 21.6 Å². The lowest BCUT2D eigenvalue weighted by atomic mass is 10.1. The Bertz CT molecular complexity index is 575. The van der Waals surface area contributed by atoms with Crippen LogP contribution in [-0.4, -0.2) is 29.9 Å². The fourth-order valence-corrected chi connectivity index (χ4v) is 5.55. The largest absolute Gasteiger partial charge is 0.495 e. The molecule has 1 saturated heterocycles. The van der Waals surface area contributed by atoms with Gasteiger partial charge in [-0.3, -0.25) is 9.59 Å². The van der Waals surface area contributed by atoms with E-state index in [2.05, 4.69) is 10.6 Å². The van der Waals surface area contributed by atoms with Crippen molar-refractivity contribution in [3.8, 4) is 5.75 Å². The van der Waals surface area contributed by atoms with Gasteiger partial charge < -0.3 is 15.4 Å². The Morgan fingerprint density at radius 1 is 1.29 bits per heavy atom. The summed E-state index contributed by atoms with van der Waals surface area (Å²) in [5.41, 5.74) is 1.21. The molecule has 7 heteroatoms. The van der Waals surface area contributed by atoms with Crippen molar-refractivity contribution >= 4 is 44.8 Å². The number of unbranched alkanes of at least 4 members (excludes halogenated alkanes) is 1. The van der Waals surface area contributed by atoms with Crippen molar-refractivity contribution in [2.24, 2.45) is 0 Å². The van der Waals surface area contributed by atoms with Gasteiger partial charge in [0.2, 0.25) is 11.8 Å². The molecule has 2 amide bonds. The first-order valence-electron chi connectivity index (χ1n) is 8.12. The van der Waals surface area contributed by atoms with Crippen molar-refractivity contribution in [1.29, 1.82) is 0 Å². The maximum absolute atomic E-state index is 12.1. The number of ether oxygens (including phenoxy) is 1. The second-order valence-corrected chi connectivity index (χ2v) is 8.51. The van der Waals surface area contributed by atoms with Gasteiger partial charge in [-0.1, -0.05) is 28.0 Å². The lowest BCUT2D eigenvalue weighted by Crippen LogP contribution is -2.13. The molecule has 0 spiro atoms. The molecule has 1 fully saturated rings. The summed E-state index contributed by atoms with van der Waals surface area (Å²) < 4.78 is 5.27. The third-order valence-electron chi connectivity index (χ3n) is 3.70. The number of carbonyl (C=O) groups is 2. The fraction of sp³-hybridized carbons (Fsp3) is 0.529.